The zero-order valence-electron chi connectivity index (χ0n) is 11.6. The van der Waals surface area contributed by atoms with Crippen LogP contribution in [0.1, 0.15) is 19.4 Å². The van der Waals surface area contributed by atoms with Gasteiger partial charge in [0.05, 0.1) is 17.6 Å². The van der Waals surface area contributed by atoms with Crippen LogP contribution < -0.4 is 10.2 Å². The molecule has 0 spiro atoms. The molecule has 0 saturated carbocycles. The number of hydrogen-bond donors (Lipinski definition) is 1. The first-order valence-corrected chi connectivity index (χ1v) is 6.23. The van der Waals surface area contributed by atoms with E-state index in [0.29, 0.717) is 13.1 Å². The number of hydrogen-bond acceptors (Lipinski definition) is 4. The average Bonchev–Trinajstić information content (AvgIpc) is 2.42. The average molecular weight is 286 g/mol. The van der Waals surface area contributed by atoms with Gasteiger partial charge < -0.3 is 10.2 Å². The Bertz CT molecular complexity index is 493. The quantitative estimate of drug-likeness (QED) is 0.903. The van der Waals surface area contributed by atoms with Gasteiger partial charge in [-0.3, -0.25) is 0 Å². The van der Waals surface area contributed by atoms with Crippen LogP contribution in [0.5, 0.6) is 0 Å². The first-order valence-electron chi connectivity index (χ1n) is 6.23. The van der Waals surface area contributed by atoms with E-state index in [-0.39, 0.29) is 17.6 Å². The molecule has 0 amide bonds. The summed E-state index contributed by atoms with van der Waals surface area (Å²) < 4.78 is 38.6. The van der Waals surface area contributed by atoms with E-state index in [0.717, 1.165) is 12.1 Å². The topological polar surface area (TPSA) is 52.0 Å². The molecule has 0 radical (unpaired) electrons. The van der Waals surface area contributed by atoms with E-state index in [4.69, 9.17) is 5.26 Å². The monoisotopic (exact) mass is 286 g/mol. The molecule has 0 aliphatic heterocycles. The Morgan fingerprint density at radius 3 is 2.55 bits per heavy atom. The lowest BCUT2D eigenvalue weighted by Crippen LogP contribution is -2.29. The number of alkyl halides is 3. The predicted molar refractivity (Wildman–Crippen MR) is 71.4 cm³/mol. The number of nitrogens with one attached hydrogen (secondary N) is 1. The second kappa shape index (κ2) is 6.46. The Kier molecular flexibility index (Phi) is 5.19. The van der Waals surface area contributed by atoms with Gasteiger partial charge in [0.25, 0.3) is 0 Å². The summed E-state index contributed by atoms with van der Waals surface area (Å²) in [4.78, 5) is 5.79. The molecule has 0 aromatic carbocycles. The van der Waals surface area contributed by atoms with Crippen LogP contribution in [0.15, 0.2) is 12.1 Å². The van der Waals surface area contributed by atoms with E-state index >= 15 is 0 Å². The Hall–Kier alpha value is -1.97. The highest BCUT2D eigenvalue weighted by Gasteiger charge is 2.32. The third-order valence-corrected chi connectivity index (χ3v) is 2.82. The van der Waals surface area contributed by atoms with Crippen molar-refractivity contribution in [2.75, 3.05) is 30.4 Å². The summed E-state index contributed by atoms with van der Waals surface area (Å²) in [7, 11) is 1.51. The number of nitrogens with zero attached hydrogens (tertiary/aromatic N) is 3. The highest BCUT2D eigenvalue weighted by atomic mass is 19.4. The minimum Gasteiger partial charge on any atom is -0.373 e. The van der Waals surface area contributed by atoms with Crippen molar-refractivity contribution in [1.82, 2.24) is 4.98 Å². The lowest BCUT2D eigenvalue weighted by Gasteiger charge is -2.24. The van der Waals surface area contributed by atoms with Crippen LogP contribution in [0.3, 0.4) is 0 Å². The van der Waals surface area contributed by atoms with Crippen LogP contribution in [0, 0.1) is 17.2 Å². The van der Waals surface area contributed by atoms with Gasteiger partial charge in [-0.25, -0.2) is 4.98 Å². The fourth-order valence-electron chi connectivity index (χ4n) is 1.73. The summed E-state index contributed by atoms with van der Waals surface area (Å²) in [6.07, 6.45) is -4.43. The summed E-state index contributed by atoms with van der Waals surface area (Å²) in [6.45, 7) is 4.34. The van der Waals surface area contributed by atoms with Crippen molar-refractivity contribution < 1.29 is 13.2 Å². The van der Waals surface area contributed by atoms with E-state index < -0.39 is 11.7 Å². The SMILES string of the molecule is CCN(CC(C)C#N)c1cc(C(F)(F)F)cc(NC)n1. The summed E-state index contributed by atoms with van der Waals surface area (Å²) in [5, 5.41) is 11.4. The molecule has 20 heavy (non-hydrogen) atoms. The first kappa shape index (κ1) is 16.1. The molecule has 1 unspecified atom stereocenters. The molecule has 0 bridgehead atoms. The number of pyridine rings is 1. The summed E-state index contributed by atoms with van der Waals surface area (Å²) in [5.74, 6) is 0.0796. The van der Waals surface area contributed by atoms with Crippen LogP contribution >= 0.6 is 0 Å². The van der Waals surface area contributed by atoms with Gasteiger partial charge in [0.2, 0.25) is 0 Å². The number of nitriles is 1. The molecule has 0 saturated heterocycles. The molecule has 110 valence electrons. The number of anilines is 2. The summed E-state index contributed by atoms with van der Waals surface area (Å²) in [6, 6.07) is 4.04. The lowest BCUT2D eigenvalue weighted by atomic mass is 10.2. The molecule has 1 heterocycles. The van der Waals surface area contributed by atoms with Crippen LogP contribution in [-0.4, -0.2) is 25.1 Å². The molecule has 1 aromatic rings. The maximum Gasteiger partial charge on any atom is 0.416 e. The minimum absolute atomic E-state index is 0.151. The van der Waals surface area contributed by atoms with Crippen molar-refractivity contribution in [2.24, 2.45) is 5.92 Å². The van der Waals surface area contributed by atoms with E-state index in [1.807, 2.05) is 6.92 Å². The Balaban J connectivity index is 3.18. The van der Waals surface area contributed by atoms with Crippen molar-refractivity contribution in [3.05, 3.63) is 17.7 Å². The molecule has 7 heteroatoms. The normalized spacial score (nSPS) is 12.7. The van der Waals surface area contributed by atoms with E-state index in [1.54, 1.807) is 11.8 Å². The van der Waals surface area contributed by atoms with Gasteiger partial charge in [-0.15, -0.1) is 0 Å². The van der Waals surface area contributed by atoms with Gasteiger partial charge >= 0.3 is 6.18 Å². The van der Waals surface area contributed by atoms with Crippen LogP contribution in [0.4, 0.5) is 24.8 Å². The van der Waals surface area contributed by atoms with Crippen LogP contribution in [0.2, 0.25) is 0 Å². The molecule has 1 aromatic heterocycles. The Morgan fingerprint density at radius 1 is 1.45 bits per heavy atom. The Morgan fingerprint density at radius 2 is 2.10 bits per heavy atom. The first-order chi connectivity index (χ1) is 9.31. The highest BCUT2D eigenvalue weighted by Crippen LogP contribution is 2.32. The fourth-order valence-corrected chi connectivity index (χ4v) is 1.73. The second-order valence-electron chi connectivity index (χ2n) is 4.42. The summed E-state index contributed by atoms with van der Waals surface area (Å²) >= 11 is 0. The van der Waals surface area contributed by atoms with E-state index in [9.17, 15) is 13.2 Å². The number of aromatic nitrogens is 1. The molecule has 0 aliphatic rings. The molecule has 1 N–H and O–H groups in total. The van der Waals surface area contributed by atoms with Gasteiger partial charge in [0, 0.05) is 20.1 Å². The number of halogens is 3. The van der Waals surface area contributed by atoms with E-state index in [1.165, 1.54) is 7.05 Å². The zero-order chi connectivity index (χ0) is 15.3. The summed E-state index contributed by atoms with van der Waals surface area (Å²) in [5.41, 5.74) is -0.755. The molecule has 4 nitrogen and oxygen atoms in total. The molecule has 1 rings (SSSR count). The molecular formula is C13H17F3N4. The largest absolute Gasteiger partial charge is 0.416 e. The lowest BCUT2D eigenvalue weighted by molar-refractivity contribution is -0.137. The van der Waals surface area contributed by atoms with Crippen molar-refractivity contribution in [2.45, 2.75) is 20.0 Å². The van der Waals surface area contributed by atoms with Gasteiger partial charge in [0.15, 0.2) is 0 Å². The third kappa shape index (κ3) is 4.02. The van der Waals surface area contributed by atoms with Crippen molar-refractivity contribution in [1.29, 1.82) is 5.26 Å². The fraction of sp³-hybridized carbons (Fsp3) is 0.538. The second-order valence-corrected chi connectivity index (χ2v) is 4.42. The third-order valence-electron chi connectivity index (χ3n) is 2.82. The van der Waals surface area contributed by atoms with Crippen molar-refractivity contribution in [3.8, 4) is 6.07 Å². The van der Waals surface area contributed by atoms with Crippen molar-refractivity contribution in [3.63, 3.8) is 0 Å². The molecular weight excluding hydrogens is 269 g/mol. The molecule has 1 atom stereocenters. The predicted octanol–water partition coefficient (Wildman–Crippen LogP) is 3.13. The van der Waals surface area contributed by atoms with E-state index in [2.05, 4.69) is 16.4 Å². The number of rotatable bonds is 5. The molecule has 0 aliphatic carbocycles. The maximum absolute atomic E-state index is 12.9. The highest BCUT2D eigenvalue weighted by molar-refractivity contribution is 5.51. The van der Waals surface area contributed by atoms with Gasteiger partial charge in [-0.1, -0.05) is 0 Å². The van der Waals surface area contributed by atoms with Gasteiger partial charge in [-0.2, -0.15) is 18.4 Å². The van der Waals surface area contributed by atoms with Gasteiger partial charge in [0.1, 0.15) is 11.6 Å². The van der Waals surface area contributed by atoms with Gasteiger partial charge in [-0.05, 0) is 26.0 Å². The van der Waals surface area contributed by atoms with Crippen molar-refractivity contribution >= 4 is 11.6 Å². The maximum atomic E-state index is 12.9. The van der Waals surface area contributed by atoms with Crippen LogP contribution in [0.25, 0.3) is 0 Å². The standard InChI is InChI=1S/C13H17F3N4/c1-4-20(8-9(2)7-17)12-6-10(13(14,15)16)5-11(18-3)19-12/h5-6,9H,4,8H2,1-3H3,(H,18,19). The molecule has 0 fully saturated rings. The Labute approximate surface area is 116 Å². The minimum atomic E-state index is -4.43. The van der Waals surface area contributed by atoms with Crippen LogP contribution in [-0.2, 0) is 6.18 Å². The smallest absolute Gasteiger partial charge is 0.373 e. The zero-order valence-corrected chi connectivity index (χ0v) is 11.6.